The molecule has 1 aliphatic heterocycles. The summed E-state index contributed by atoms with van der Waals surface area (Å²) in [5, 5.41) is 26.6. The van der Waals surface area contributed by atoms with Gasteiger partial charge < -0.3 is 14.6 Å². The van der Waals surface area contributed by atoms with Crippen molar-refractivity contribution in [3.8, 4) is 11.5 Å². The van der Waals surface area contributed by atoms with E-state index in [0.29, 0.717) is 31.9 Å². The van der Waals surface area contributed by atoms with E-state index in [4.69, 9.17) is 9.47 Å². The lowest BCUT2D eigenvalue weighted by Gasteiger charge is -2.23. The zero-order valence-corrected chi connectivity index (χ0v) is 11.0. The maximum atomic E-state index is 10.9. The van der Waals surface area contributed by atoms with Gasteiger partial charge in [-0.25, -0.2) is 0 Å². The van der Waals surface area contributed by atoms with Crippen molar-refractivity contribution >= 4 is 11.9 Å². The van der Waals surface area contributed by atoms with E-state index in [0.717, 1.165) is 0 Å². The summed E-state index contributed by atoms with van der Waals surface area (Å²) in [6.45, 7) is 2.56. The lowest BCUT2D eigenvalue weighted by molar-refractivity contribution is -0.386. The number of aromatic hydroxyl groups is 1. The molecule has 1 aromatic rings. The number of morpholine rings is 1. The summed E-state index contributed by atoms with van der Waals surface area (Å²) in [5.41, 5.74) is 0.0746. The SMILES string of the molecule is COc1cc(C=NN2CCOCC2)cc([N+](=O)[O-])c1O. The van der Waals surface area contributed by atoms with E-state index in [-0.39, 0.29) is 5.75 Å². The summed E-state index contributed by atoms with van der Waals surface area (Å²) < 4.78 is 10.1. The number of benzene rings is 1. The van der Waals surface area contributed by atoms with Gasteiger partial charge in [-0.15, -0.1) is 0 Å². The molecule has 1 heterocycles. The largest absolute Gasteiger partial charge is 0.500 e. The highest BCUT2D eigenvalue weighted by atomic mass is 16.6. The van der Waals surface area contributed by atoms with Gasteiger partial charge in [0, 0.05) is 11.6 Å². The van der Waals surface area contributed by atoms with Gasteiger partial charge in [0.1, 0.15) is 0 Å². The van der Waals surface area contributed by atoms with Crippen molar-refractivity contribution in [2.75, 3.05) is 33.4 Å². The fourth-order valence-corrected chi connectivity index (χ4v) is 1.80. The Morgan fingerprint density at radius 1 is 1.50 bits per heavy atom. The van der Waals surface area contributed by atoms with Crippen LogP contribution in [0.5, 0.6) is 11.5 Å². The zero-order valence-electron chi connectivity index (χ0n) is 11.0. The average Bonchev–Trinajstić information content (AvgIpc) is 2.47. The fourth-order valence-electron chi connectivity index (χ4n) is 1.80. The summed E-state index contributed by atoms with van der Waals surface area (Å²) in [5.74, 6) is -0.441. The van der Waals surface area contributed by atoms with Crippen molar-refractivity contribution in [1.82, 2.24) is 5.01 Å². The lowest BCUT2D eigenvalue weighted by atomic mass is 10.2. The molecule has 0 spiro atoms. The molecule has 0 atom stereocenters. The number of hydrazone groups is 1. The molecule has 1 aliphatic rings. The molecule has 1 aromatic carbocycles. The van der Waals surface area contributed by atoms with Crippen LogP contribution >= 0.6 is 0 Å². The summed E-state index contributed by atoms with van der Waals surface area (Å²) in [6, 6.07) is 2.74. The van der Waals surface area contributed by atoms with Crippen LogP contribution in [0.4, 0.5) is 5.69 Å². The minimum atomic E-state index is -0.663. The third-order valence-corrected chi connectivity index (χ3v) is 2.85. The fraction of sp³-hybridized carbons (Fsp3) is 0.417. The van der Waals surface area contributed by atoms with Crippen molar-refractivity contribution in [1.29, 1.82) is 0 Å². The summed E-state index contributed by atoms with van der Waals surface area (Å²) in [7, 11) is 1.33. The van der Waals surface area contributed by atoms with E-state index >= 15 is 0 Å². The molecule has 1 saturated heterocycles. The van der Waals surface area contributed by atoms with Crippen LogP contribution in [0, 0.1) is 10.1 Å². The van der Waals surface area contributed by atoms with Crippen LogP contribution < -0.4 is 4.74 Å². The zero-order chi connectivity index (χ0) is 14.5. The second-order valence-corrected chi connectivity index (χ2v) is 4.16. The molecule has 1 N–H and O–H groups in total. The van der Waals surface area contributed by atoms with Gasteiger partial charge in [0.05, 0.1) is 44.6 Å². The minimum absolute atomic E-state index is 0.0441. The number of ether oxygens (including phenoxy) is 2. The molecule has 0 unspecified atom stereocenters. The molecule has 20 heavy (non-hydrogen) atoms. The van der Waals surface area contributed by atoms with Crippen LogP contribution in [-0.4, -0.2) is 54.7 Å². The highest BCUT2D eigenvalue weighted by molar-refractivity contribution is 5.83. The monoisotopic (exact) mass is 281 g/mol. The number of phenolic OH excluding ortho intramolecular Hbond substituents is 1. The Morgan fingerprint density at radius 2 is 2.20 bits per heavy atom. The maximum absolute atomic E-state index is 10.9. The van der Waals surface area contributed by atoms with Crippen molar-refractivity contribution in [3.05, 3.63) is 27.8 Å². The molecule has 0 saturated carbocycles. The first kappa shape index (κ1) is 14.1. The van der Waals surface area contributed by atoms with Gasteiger partial charge in [0.15, 0.2) is 5.75 Å². The topological polar surface area (TPSA) is 97.4 Å². The van der Waals surface area contributed by atoms with Crippen molar-refractivity contribution in [2.24, 2.45) is 5.10 Å². The number of nitro benzene ring substituents is 1. The Morgan fingerprint density at radius 3 is 2.80 bits per heavy atom. The summed E-state index contributed by atoms with van der Waals surface area (Å²) in [4.78, 5) is 10.2. The number of nitrogens with zero attached hydrogens (tertiary/aromatic N) is 3. The lowest BCUT2D eigenvalue weighted by Crippen LogP contribution is -2.32. The molecule has 0 bridgehead atoms. The average molecular weight is 281 g/mol. The van der Waals surface area contributed by atoms with Gasteiger partial charge in [0.2, 0.25) is 5.75 Å². The smallest absolute Gasteiger partial charge is 0.315 e. The Kier molecular flexibility index (Phi) is 4.36. The quantitative estimate of drug-likeness (QED) is 0.502. The van der Waals surface area contributed by atoms with E-state index in [1.807, 2.05) is 5.01 Å². The Bertz CT molecular complexity index is 526. The normalized spacial score (nSPS) is 15.6. The Balaban J connectivity index is 2.24. The highest BCUT2D eigenvalue weighted by Crippen LogP contribution is 2.36. The Hall–Kier alpha value is -2.35. The van der Waals surface area contributed by atoms with Crippen LogP contribution in [-0.2, 0) is 4.74 Å². The second kappa shape index (κ2) is 6.20. The van der Waals surface area contributed by atoms with Crippen molar-refractivity contribution < 1.29 is 19.5 Å². The van der Waals surface area contributed by atoms with Crippen LogP contribution in [0.2, 0.25) is 0 Å². The summed E-state index contributed by atoms with van der Waals surface area (Å²) >= 11 is 0. The van der Waals surface area contributed by atoms with Crippen LogP contribution in [0.15, 0.2) is 17.2 Å². The first-order valence-corrected chi connectivity index (χ1v) is 6.04. The standard InChI is InChI=1S/C12H15N3O5/c1-19-11-7-9(6-10(12(11)16)15(17)18)8-13-14-2-4-20-5-3-14/h6-8,16H,2-5H2,1H3. The molecular formula is C12H15N3O5. The number of methoxy groups -OCH3 is 1. The molecule has 8 heteroatoms. The first-order chi connectivity index (χ1) is 9.61. The van der Waals surface area contributed by atoms with Crippen LogP contribution in [0.25, 0.3) is 0 Å². The Labute approximate surface area is 115 Å². The number of rotatable bonds is 4. The van der Waals surface area contributed by atoms with Gasteiger partial charge in [-0.05, 0) is 6.07 Å². The summed E-state index contributed by atoms with van der Waals surface area (Å²) in [6.07, 6.45) is 1.50. The van der Waals surface area contributed by atoms with Crippen LogP contribution in [0.3, 0.4) is 0 Å². The van der Waals surface area contributed by atoms with E-state index in [1.165, 1.54) is 25.5 Å². The molecule has 0 amide bonds. The molecule has 0 radical (unpaired) electrons. The predicted octanol–water partition coefficient (Wildman–Crippen LogP) is 0.975. The van der Waals surface area contributed by atoms with Gasteiger partial charge >= 0.3 is 5.69 Å². The maximum Gasteiger partial charge on any atom is 0.315 e. The van der Waals surface area contributed by atoms with Gasteiger partial charge in [-0.1, -0.05) is 0 Å². The first-order valence-electron chi connectivity index (χ1n) is 6.04. The number of phenols is 1. The molecule has 1 fully saturated rings. The molecule has 0 aromatic heterocycles. The third-order valence-electron chi connectivity index (χ3n) is 2.85. The van der Waals surface area contributed by atoms with E-state index in [2.05, 4.69) is 5.10 Å². The van der Waals surface area contributed by atoms with Gasteiger partial charge in [-0.2, -0.15) is 5.10 Å². The van der Waals surface area contributed by atoms with E-state index < -0.39 is 16.4 Å². The van der Waals surface area contributed by atoms with E-state index in [1.54, 1.807) is 0 Å². The predicted molar refractivity (Wildman–Crippen MR) is 71.3 cm³/mol. The number of nitro groups is 1. The molecule has 8 nitrogen and oxygen atoms in total. The molecule has 0 aliphatic carbocycles. The number of hydrogen-bond donors (Lipinski definition) is 1. The molecular weight excluding hydrogens is 266 g/mol. The van der Waals surface area contributed by atoms with Crippen molar-refractivity contribution in [2.45, 2.75) is 0 Å². The van der Waals surface area contributed by atoms with E-state index in [9.17, 15) is 15.2 Å². The van der Waals surface area contributed by atoms with Gasteiger partial charge in [0.25, 0.3) is 0 Å². The third kappa shape index (κ3) is 3.15. The van der Waals surface area contributed by atoms with Gasteiger partial charge in [-0.3, -0.25) is 15.1 Å². The molecule has 2 rings (SSSR count). The van der Waals surface area contributed by atoms with Crippen molar-refractivity contribution in [3.63, 3.8) is 0 Å². The number of hydrogen-bond acceptors (Lipinski definition) is 7. The van der Waals surface area contributed by atoms with Crippen LogP contribution in [0.1, 0.15) is 5.56 Å². The molecule has 108 valence electrons. The second-order valence-electron chi connectivity index (χ2n) is 4.16. The minimum Gasteiger partial charge on any atom is -0.500 e. The highest BCUT2D eigenvalue weighted by Gasteiger charge is 2.19.